The molecule has 0 aromatic heterocycles. The van der Waals surface area contributed by atoms with Crippen molar-refractivity contribution in [2.75, 3.05) is 49.5 Å². The summed E-state index contributed by atoms with van der Waals surface area (Å²) in [7, 11) is -3.56. The van der Waals surface area contributed by atoms with E-state index in [1.54, 1.807) is 26.0 Å². The van der Waals surface area contributed by atoms with Crippen molar-refractivity contribution in [2.45, 2.75) is 25.2 Å². The normalized spacial score (nSPS) is 15.3. The second-order valence-electron chi connectivity index (χ2n) is 8.08. The Balaban J connectivity index is 1.39. The molecule has 1 fully saturated rings. The van der Waals surface area contributed by atoms with Crippen molar-refractivity contribution >= 4 is 27.3 Å². The van der Waals surface area contributed by atoms with E-state index < -0.39 is 10.0 Å². The van der Waals surface area contributed by atoms with Crippen LogP contribution in [0.1, 0.15) is 20.3 Å². The Bertz CT molecular complexity index is 939. The number of para-hydroxylation sites is 1. The summed E-state index contributed by atoms with van der Waals surface area (Å²) in [6.45, 7) is 8.79. The van der Waals surface area contributed by atoms with E-state index in [2.05, 4.69) is 44.1 Å². The van der Waals surface area contributed by atoms with Crippen LogP contribution in [-0.2, 0) is 14.8 Å². The summed E-state index contributed by atoms with van der Waals surface area (Å²) in [5.41, 5.74) is 1.84. The lowest BCUT2D eigenvalue weighted by atomic mass is 10.2. The van der Waals surface area contributed by atoms with Crippen LogP contribution in [-0.4, -0.2) is 58.5 Å². The number of sulfonamides is 1. The van der Waals surface area contributed by atoms with E-state index in [0.29, 0.717) is 12.2 Å². The second kappa shape index (κ2) is 10.7. The molecule has 0 spiro atoms. The zero-order valence-corrected chi connectivity index (χ0v) is 19.1. The Morgan fingerprint density at radius 2 is 1.61 bits per heavy atom. The number of benzene rings is 2. The quantitative estimate of drug-likeness (QED) is 0.581. The van der Waals surface area contributed by atoms with Gasteiger partial charge in [0.15, 0.2) is 0 Å². The van der Waals surface area contributed by atoms with Crippen LogP contribution in [0.4, 0.5) is 11.4 Å². The van der Waals surface area contributed by atoms with Crippen LogP contribution < -0.4 is 14.9 Å². The first-order valence-electron chi connectivity index (χ1n) is 10.8. The zero-order chi connectivity index (χ0) is 22.3. The van der Waals surface area contributed by atoms with Crippen LogP contribution in [0.25, 0.3) is 0 Å². The van der Waals surface area contributed by atoms with Crippen LogP contribution in [0.3, 0.4) is 0 Å². The molecular formula is C23H32N4O3S. The third-order valence-electron chi connectivity index (χ3n) is 5.39. The Hall–Kier alpha value is -2.42. The van der Waals surface area contributed by atoms with Crippen molar-refractivity contribution in [3.05, 3.63) is 54.6 Å². The molecule has 168 valence electrons. The molecule has 0 radical (unpaired) electrons. The first kappa shape index (κ1) is 23.2. The van der Waals surface area contributed by atoms with Gasteiger partial charge in [-0.2, -0.15) is 0 Å². The number of carbonyl (C=O) groups is 1. The first-order chi connectivity index (χ1) is 14.8. The largest absolute Gasteiger partial charge is 0.369 e. The van der Waals surface area contributed by atoms with Gasteiger partial charge in [-0.15, -0.1) is 0 Å². The van der Waals surface area contributed by atoms with Crippen LogP contribution >= 0.6 is 0 Å². The van der Waals surface area contributed by atoms with Crippen molar-refractivity contribution in [3.63, 3.8) is 0 Å². The van der Waals surface area contributed by atoms with Crippen molar-refractivity contribution < 1.29 is 13.2 Å². The van der Waals surface area contributed by atoms with Crippen LogP contribution in [0.5, 0.6) is 0 Å². The molecule has 1 saturated heterocycles. The average molecular weight is 445 g/mol. The molecule has 0 saturated carbocycles. The van der Waals surface area contributed by atoms with E-state index in [0.717, 1.165) is 39.1 Å². The maximum Gasteiger partial charge on any atom is 0.240 e. The minimum atomic E-state index is -3.56. The fraction of sp³-hybridized carbons (Fsp3) is 0.435. The molecule has 2 N–H and O–H groups in total. The smallest absolute Gasteiger partial charge is 0.240 e. The molecule has 1 aliphatic heterocycles. The number of nitrogens with one attached hydrogen (secondary N) is 2. The molecule has 8 heteroatoms. The summed E-state index contributed by atoms with van der Waals surface area (Å²) < 4.78 is 27.7. The van der Waals surface area contributed by atoms with E-state index in [-0.39, 0.29) is 16.7 Å². The lowest BCUT2D eigenvalue weighted by molar-refractivity contribution is -0.118. The number of anilines is 2. The molecular weight excluding hydrogens is 412 g/mol. The summed E-state index contributed by atoms with van der Waals surface area (Å²) in [6, 6.07) is 16.7. The fourth-order valence-electron chi connectivity index (χ4n) is 3.47. The Morgan fingerprint density at radius 1 is 0.968 bits per heavy atom. The van der Waals surface area contributed by atoms with Crippen LogP contribution in [0.15, 0.2) is 59.5 Å². The number of rotatable bonds is 9. The lowest BCUT2D eigenvalue weighted by Crippen LogP contribution is -2.47. The van der Waals surface area contributed by atoms with Crippen LogP contribution in [0.2, 0.25) is 0 Å². The molecule has 3 rings (SSSR count). The van der Waals surface area contributed by atoms with E-state index in [9.17, 15) is 13.2 Å². The number of nitrogens with zero attached hydrogens (tertiary/aromatic N) is 2. The molecule has 7 nitrogen and oxygen atoms in total. The van der Waals surface area contributed by atoms with Crippen molar-refractivity contribution in [1.82, 2.24) is 9.62 Å². The molecule has 0 unspecified atom stereocenters. The average Bonchev–Trinajstić information content (AvgIpc) is 2.78. The summed E-state index contributed by atoms with van der Waals surface area (Å²) in [6.07, 6.45) is 0.757. The molecule has 2 aromatic carbocycles. The minimum absolute atomic E-state index is 0.0988. The molecule has 1 heterocycles. The number of carbonyl (C=O) groups excluding carboxylic acids is 1. The molecule has 0 atom stereocenters. The van der Waals surface area contributed by atoms with Gasteiger partial charge < -0.3 is 10.2 Å². The van der Waals surface area contributed by atoms with Gasteiger partial charge in [0.05, 0.1) is 4.90 Å². The highest BCUT2D eigenvalue weighted by Gasteiger charge is 2.18. The van der Waals surface area contributed by atoms with Gasteiger partial charge in [-0.3, -0.25) is 9.69 Å². The zero-order valence-electron chi connectivity index (χ0n) is 18.3. The first-order valence-corrected chi connectivity index (χ1v) is 12.3. The minimum Gasteiger partial charge on any atom is -0.369 e. The highest BCUT2D eigenvalue weighted by Crippen LogP contribution is 2.16. The monoisotopic (exact) mass is 444 g/mol. The second-order valence-corrected chi connectivity index (χ2v) is 9.85. The Morgan fingerprint density at radius 3 is 2.23 bits per heavy atom. The third kappa shape index (κ3) is 6.78. The number of amides is 1. The van der Waals surface area contributed by atoms with Gasteiger partial charge in [0.25, 0.3) is 0 Å². The fourth-order valence-corrected chi connectivity index (χ4v) is 4.54. The highest BCUT2D eigenvalue weighted by atomic mass is 32.2. The summed E-state index contributed by atoms with van der Waals surface area (Å²) in [5.74, 6) is -0.232. The van der Waals surface area contributed by atoms with Crippen molar-refractivity contribution in [1.29, 1.82) is 0 Å². The van der Waals surface area contributed by atoms with Gasteiger partial charge in [0, 0.05) is 50.0 Å². The predicted octanol–water partition coefficient (Wildman–Crippen LogP) is 2.77. The summed E-state index contributed by atoms with van der Waals surface area (Å²) in [4.78, 5) is 16.7. The topological polar surface area (TPSA) is 81.7 Å². The van der Waals surface area contributed by atoms with Crippen LogP contribution in [0, 0.1) is 5.92 Å². The standard InChI is InChI=1S/C23H32N4O3S/c1-19(2)23(28)25-20-9-11-22(12-10-20)31(29,30)24-13-6-14-26-15-17-27(18-16-26)21-7-4-3-5-8-21/h3-5,7-12,19,24H,6,13-18H2,1-2H3,(H,25,28). The SMILES string of the molecule is CC(C)C(=O)Nc1ccc(S(=O)(=O)NCCCN2CCN(c3ccccc3)CC2)cc1. The van der Waals surface area contributed by atoms with Gasteiger partial charge in [0.2, 0.25) is 15.9 Å². The van der Waals surface area contributed by atoms with Gasteiger partial charge in [-0.25, -0.2) is 13.1 Å². The Labute approximate surface area is 185 Å². The van der Waals surface area contributed by atoms with E-state index in [1.165, 1.54) is 17.8 Å². The summed E-state index contributed by atoms with van der Waals surface area (Å²) in [5, 5.41) is 2.76. The van der Waals surface area contributed by atoms with E-state index in [4.69, 9.17) is 0 Å². The molecule has 31 heavy (non-hydrogen) atoms. The Kier molecular flexibility index (Phi) is 8.06. The highest BCUT2D eigenvalue weighted by molar-refractivity contribution is 7.89. The van der Waals surface area contributed by atoms with Crippen molar-refractivity contribution in [2.24, 2.45) is 5.92 Å². The lowest BCUT2D eigenvalue weighted by Gasteiger charge is -2.36. The maximum atomic E-state index is 12.5. The van der Waals surface area contributed by atoms with E-state index in [1.807, 2.05) is 6.07 Å². The van der Waals surface area contributed by atoms with Gasteiger partial charge >= 0.3 is 0 Å². The molecule has 1 amide bonds. The van der Waals surface area contributed by atoms with Gasteiger partial charge in [-0.05, 0) is 49.4 Å². The summed E-state index contributed by atoms with van der Waals surface area (Å²) >= 11 is 0. The van der Waals surface area contributed by atoms with Gasteiger partial charge in [-0.1, -0.05) is 32.0 Å². The third-order valence-corrected chi connectivity index (χ3v) is 6.87. The number of piperazine rings is 1. The molecule has 0 aliphatic carbocycles. The molecule has 0 bridgehead atoms. The predicted molar refractivity (Wildman–Crippen MR) is 125 cm³/mol. The van der Waals surface area contributed by atoms with E-state index >= 15 is 0 Å². The van der Waals surface area contributed by atoms with Gasteiger partial charge in [0.1, 0.15) is 0 Å². The maximum absolute atomic E-state index is 12.5. The number of hydrogen-bond donors (Lipinski definition) is 2. The molecule has 1 aliphatic rings. The molecule has 2 aromatic rings. The van der Waals surface area contributed by atoms with Crippen molar-refractivity contribution in [3.8, 4) is 0 Å². The number of hydrogen-bond acceptors (Lipinski definition) is 5.